The minimum Gasteiger partial charge on any atom is -0.481 e. The van der Waals surface area contributed by atoms with E-state index in [9.17, 15) is 9.18 Å². The first-order valence-electron chi connectivity index (χ1n) is 5.24. The second-order valence-corrected chi connectivity index (χ2v) is 3.98. The van der Waals surface area contributed by atoms with Gasteiger partial charge in [-0.1, -0.05) is 6.07 Å². The fraction of sp³-hybridized carbons (Fsp3) is 0.455. The third-order valence-corrected chi connectivity index (χ3v) is 2.91. The number of carboxylic acids is 1. The molecule has 0 radical (unpaired) electrons. The van der Waals surface area contributed by atoms with Crippen molar-refractivity contribution in [2.45, 2.75) is 18.9 Å². The summed E-state index contributed by atoms with van der Waals surface area (Å²) in [6.07, 6.45) is 2.63. The second-order valence-electron chi connectivity index (χ2n) is 3.98. The van der Waals surface area contributed by atoms with Crippen molar-refractivity contribution in [1.82, 2.24) is 10.3 Å². The van der Waals surface area contributed by atoms with E-state index in [2.05, 4.69) is 10.3 Å². The molecule has 0 amide bonds. The summed E-state index contributed by atoms with van der Waals surface area (Å²) in [7, 11) is 0. The van der Waals surface area contributed by atoms with E-state index in [1.165, 1.54) is 12.3 Å². The quantitative estimate of drug-likeness (QED) is 0.744. The number of nitrogens with one attached hydrogen (secondary N) is 1. The Morgan fingerprint density at radius 1 is 1.56 bits per heavy atom. The Bertz CT molecular complexity index is 380. The lowest BCUT2D eigenvalue weighted by Crippen LogP contribution is -2.34. The van der Waals surface area contributed by atoms with Crippen molar-refractivity contribution in [1.29, 1.82) is 0 Å². The Kier molecular flexibility index (Phi) is 3.14. The molecule has 5 heteroatoms. The number of pyridine rings is 1. The topological polar surface area (TPSA) is 62.2 Å². The molecule has 16 heavy (non-hydrogen) atoms. The lowest BCUT2D eigenvalue weighted by molar-refractivity contribution is -0.143. The van der Waals surface area contributed by atoms with Crippen LogP contribution in [-0.4, -0.2) is 22.6 Å². The van der Waals surface area contributed by atoms with Gasteiger partial charge in [0.05, 0.1) is 5.92 Å². The molecule has 86 valence electrons. The first-order valence-corrected chi connectivity index (χ1v) is 5.24. The minimum absolute atomic E-state index is 0.0389. The third kappa shape index (κ3) is 2.36. The maximum Gasteiger partial charge on any atom is 0.306 e. The molecule has 1 aromatic rings. The molecular formula is C11H13FN2O2. The monoisotopic (exact) mass is 224 g/mol. The molecule has 2 unspecified atom stereocenters. The van der Waals surface area contributed by atoms with Gasteiger partial charge in [0.2, 0.25) is 5.95 Å². The van der Waals surface area contributed by atoms with Crippen molar-refractivity contribution in [3.05, 3.63) is 29.8 Å². The third-order valence-electron chi connectivity index (χ3n) is 2.91. The number of hydrogen-bond acceptors (Lipinski definition) is 3. The van der Waals surface area contributed by atoms with Crippen molar-refractivity contribution >= 4 is 5.97 Å². The normalized spacial score (nSPS) is 25.3. The highest BCUT2D eigenvalue weighted by Gasteiger charge is 2.27. The van der Waals surface area contributed by atoms with Gasteiger partial charge in [-0.05, 0) is 31.0 Å². The Labute approximate surface area is 92.5 Å². The molecule has 2 N–H and O–H groups in total. The van der Waals surface area contributed by atoms with Crippen molar-refractivity contribution in [2.24, 2.45) is 5.92 Å². The van der Waals surface area contributed by atoms with Crippen LogP contribution in [0.5, 0.6) is 0 Å². The van der Waals surface area contributed by atoms with Crippen LogP contribution in [-0.2, 0) is 4.79 Å². The van der Waals surface area contributed by atoms with Crippen molar-refractivity contribution in [3.8, 4) is 0 Å². The Morgan fingerprint density at radius 3 is 3.00 bits per heavy atom. The van der Waals surface area contributed by atoms with E-state index in [0.717, 1.165) is 5.56 Å². The van der Waals surface area contributed by atoms with Crippen LogP contribution < -0.4 is 5.32 Å². The van der Waals surface area contributed by atoms with Crippen molar-refractivity contribution < 1.29 is 14.3 Å². The van der Waals surface area contributed by atoms with Gasteiger partial charge in [0.25, 0.3) is 0 Å². The molecule has 0 aliphatic carbocycles. The lowest BCUT2D eigenvalue weighted by Gasteiger charge is -2.28. The number of aromatic nitrogens is 1. The summed E-state index contributed by atoms with van der Waals surface area (Å²) < 4.78 is 12.6. The zero-order valence-electron chi connectivity index (χ0n) is 8.69. The molecule has 4 nitrogen and oxygen atoms in total. The Morgan fingerprint density at radius 2 is 2.38 bits per heavy atom. The van der Waals surface area contributed by atoms with Crippen LogP contribution in [0.15, 0.2) is 18.3 Å². The van der Waals surface area contributed by atoms with E-state index in [1.807, 2.05) is 0 Å². The van der Waals surface area contributed by atoms with Crippen molar-refractivity contribution in [3.63, 3.8) is 0 Å². The maximum atomic E-state index is 12.6. The number of carbonyl (C=O) groups is 1. The SMILES string of the molecule is O=C(O)C1CCNC(c2ccc(F)nc2)C1. The number of aliphatic carboxylic acids is 1. The lowest BCUT2D eigenvalue weighted by atomic mass is 9.89. The van der Waals surface area contributed by atoms with E-state index >= 15 is 0 Å². The highest BCUT2D eigenvalue weighted by atomic mass is 19.1. The van der Waals surface area contributed by atoms with Crippen molar-refractivity contribution in [2.75, 3.05) is 6.54 Å². The van der Waals surface area contributed by atoms with Gasteiger partial charge in [-0.15, -0.1) is 0 Å². The van der Waals surface area contributed by atoms with Crippen LogP contribution in [0.3, 0.4) is 0 Å². The van der Waals surface area contributed by atoms with Crippen LogP contribution >= 0.6 is 0 Å². The predicted molar refractivity (Wildman–Crippen MR) is 55.3 cm³/mol. The molecule has 1 aliphatic heterocycles. The molecule has 2 atom stereocenters. The molecular weight excluding hydrogens is 211 g/mol. The molecule has 1 fully saturated rings. The van der Waals surface area contributed by atoms with E-state index in [1.54, 1.807) is 6.07 Å². The Hall–Kier alpha value is -1.49. The molecule has 1 aromatic heterocycles. The number of nitrogens with zero attached hydrogens (tertiary/aromatic N) is 1. The van der Waals surface area contributed by atoms with E-state index in [4.69, 9.17) is 5.11 Å². The summed E-state index contributed by atoms with van der Waals surface area (Å²) in [6.45, 7) is 0.666. The van der Waals surface area contributed by atoms with E-state index in [0.29, 0.717) is 19.4 Å². The second kappa shape index (κ2) is 4.57. The minimum atomic E-state index is -0.762. The highest BCUT2D eigenvalue weighted by molar-refractivity contribution is 5.70. The summed E-state index contributed by atoms with van der Waals surface area (Å²) >= 11 is 0. The molecule has 2 rings (SSSR count). The van der Waals surface area contributed by atoms with Crippen LogP contribution in [0.25, 0.3) is 0 Å². The molecule has 0 aromatic carbocycles. The van der Waals surface area contributed by atoms with Gasteiger partial charge in [-0.3, -0.25) is 4.79 Å². The molecule has 0 saturated carbocycles. The highest BCUT2D eigenvalue weighted by Crippen LogP contribution is 2.26. The van der Waals surface area contributed by atoms with Gasteiger partial charge in [0.15, 0.2) is 0 Å². The molecule has 0 spiro atoms. The van der Waals surface area contributed by atoms with Crippen LogP contribution in [0.1, 0.15) is 24.4 Å². The summed E-state index contributed by atoms with van der Waals surface area (Å²) in [5, 5.41) is 12.2. The number of piperidine rings is 1. The van der Waals surface area contributed by atoms with Crippen LogP contribution in [0, 0.1) is 11.9 Å². The van der Waals surface area contributed by atoms with Gasteiger partial charge < -0.3 is 10.4 Å². The van der Waals surface area contributed by atoms with Gasteiger partial charge in [0, 0.05) is 12.2 Å². The smallest absolute Gasteiger partial charge is 0.306 e. The number of carboxylic acid groups (broad SMARTS) is 1. The van der Waals surface area contributed by atoms with Crippen LogP contribution in [0.4, 0.5) is 4.39 Å². The average Bonchev–Trinajstić information content (AvgIpc) is 2.30. The first kappa shape index (κ1) is 11.0. The van der Waals surface area contributed by atoms with Crippen LogP contribution in [0.2, 0.25) is 0 Å². The summed E-state index contributed by atoms with van der Waals surface area (Å²) in [4.78, 5) is 14.5. The average molecular weight is 224 g/mol. The Balaban J connectivity index is 2.09. The standard InChI is InChI=1S/C11H13FN2O2/c12-10-2-1-8(6-14-10)9-5-7(11(15)16)3-4-13-9/h1-2,6-7,9,13H,3-5H2,(H,15,16). The number of rotatable bonds is 2. The fourth-order valence-corrected chi connectivity index (χ4v) is 1.99. The van der Waals surface area contributed by atoms with Gasteiger partial charge in [-0.2, -0.15) is 4.39 Å². The predicted octanol–water partition coefficient (Wildman–Crippen LogP) is 1.35. The van der Waals surface area contributed by atoms with Gasteiger partial charge >= 0.3 is 5.97 Å². The molecule has 2 heterocycles. The van der Waals surface area contributed by atoms with E-state index in [-0.39, 0.29) is 12.0 Å². The first-order chi connectivity index (χ1) is 7.66. The number of hydrogen-bond donors (Lipinski definition) is 2. The maximum absolute atomic E-state index is 12.6. The molecule has 0 bridgehead atoms. The molecule has 1 saturated heterocycles. The largest absolute Gasteiger partial charge is 0.481 e. The summed E-state index contributed by atoms with van der Waals surface area (Å²) in [5.74, 6) is -1.60. The zero-order chi connectivity index (χ0) is 11.5. The fourth-order valence-electron chi connectivity index (χ4n) is 1.99. The summed E-state index contributed by atoms with van der Waals surface area (Å²) in [6, 6.07) is 2.90. The zero-order valence-corrected chi connectivity index (χ0v) is 8.69. The summed E-state index contributed by atoms with van der Waals surface area (Å²) in [5.41, 5.74) is 0.840. The van der Waals surface area contributed by atoms with E-state index < -0.39 is 11.9 Å². The van der Waals surface area contributed by atoms with Gasteiger partial charge in [0.1, 0.15) is 0 Å². The van der Waals surface area contributed by atoms with Gasteiger partial charge in [-0.25, -0.2) is 4.98 Å². The molecule has 1 aliphatic rings. The number of halogens is 1.